The Hall–Kier alpha value is -0.0800. The lowest BCUT2D eigenvalue weighted by Crippen LogP contribution is -2.51. The molecule has 2 fully saturated rings. The molecule has 0 aromatic carbocycles. The Kier molecular flexibility index (Phi) is 4.48. The molecule has 2 heteroatoms. The number of nitrogens with one attached hydrogen (secondary N) is 1. The maximum absolute atomic E-state index is 3.82. The maximum Gasteiger partial charge on any atom is 0.0303 e. The Bertz CT molecular complexity index is 231. The number of nitrogens with zero attached hydrogens (tertiary/aromatic N) is 1. The summed E-state index contributed by atoms with van der Waals surface area (Å²) >= 11 is 0. The van der Waals surface area contributed by atoms with E-state index in [1.807, 2.05) is 0 Å². The van der Waals surface area contributed by atoms with Crippen LogP contribution in [-0.4, -0.2) is 36.1 Å². The topological polar surface area (TPSA) is 15.3 Å². The van der Waals surface area contributed by atoms with Crippen molar-refractivity contribution in [3.63, 3.8) is 0 Å². The molecule has 1 aliphatic carbocycles. The van der Waals surface area contributed by atoms with Gasteiger partial charge in [0, 0.05) is 18.1 Å². The van der Waals surface area contributed by atoms with Crippen molar-refractivity contribution in [2.75, 3.05) is 19.6 Å². The van der Waals surface area contributed by atoms with E-state index in [1.165, 1.54) is 58.2 Å². The maximum atomic E-state index is 3.82. The number of rotatable bonds is 5. The van der Waals surface area contributed by atoms with Crippen molar-refractivity contribution in [1.82, 2.24) is 10.2 Å². The minimum atomic E-state index is 0.383. The van der Waals surface area contributed by atoms with E-state index in [9.17, 15) is 0 Å². The third kappa shape index (κ3) is 3.45. The Morgan fingerprint density at radius 1 is 1.18 bits per heavy atom. The summed E-state index contributed by atoms with van der Waals surface area (Å²) in [6, 6.07) is 0.765. The summed E-state index contributed by atoms with van der Waals surface area (Å²) in [5.74, 6) is 1.07. The smallest absolute Gasteiger partial charge is 0.0303 e. The van der Waals surface area contributed by atoms with Gasteiger partial charge in [-0.15, -0.1) is 0 Å². The number of hydrogen-bond acceptors (Lipinski definition) is 2. The molecule has 2 rings (SSSR count). The van der Waals surface area contributed by atoms with Gasteiger partial charge in [0.05, 0.1) is 0 Å². The van der Waals surface area contributed by atoms with Gasteiger partial charge in [-0.1, -0.05) is 26.7 Å². The van der Waals surface area contributed by atoms with Crippen molar-refractivity contribution in [3.8, 4) is 0 Å². The summed E-state index contributed by atoms with van der Waals surface area (Å²) in [7, 11) is 0. The van der Waals surface area contributed by atoms with Gasteiger partial charge in [0.15, 0.2) is 0 Å². The van der Waals surface area contributed by atoms with Gasteiger partial charge in [-0.3, -0.25) is 4.90 Å². The fraction of sp³-hybridized carbons (Fsp3) is 1.00. The van der Waals surface area contributed by atoms with Crippen molar-refractivity contribution < 1.29 is 0 Å². The molecule has 0 amide bonds. The van der Waals surface area contributed by atoms with Gasteiger partial charge in [0.2, 0.25) is 0 Å². The molecule has 1 atom stereocenters. The van der Waals surface area contributed by atoms with Crippen LogP contribution in [-0.2, 0) is 0 Å². The predicted octanol–water partition coefficient (Wildman–Crippen LogP) is 3.03. The molecule has 100 valence electrons. The summed E-state index contributed by atoms with van der Waals surface area (Å²) in [6.07, 6.45) is 8.26. The standard InChI is InChI=1S/C15H30N2/c1-4-15(5-2)12-17(11-9-14-6-7-14)13(3)8-10-16-15/h13-14,16H,4-12H2,1-3H3. The largest absolute Gasteiger partial charge is 0.310 e. The molecule has 1 heterocycles. The van der Waals surface area contributed by atoms with E-state index in [2.05, 4.69) is 31.0 Å². The second-order valence-electron chi connectivity index (χ2n) is 6.25. The van der Waals surface area contributed by atoms with Crippen LogP contribution in [0, 0.1) is 5.92 Å². The van der Waals surface area contributed by atoms with Gasteiger partial charge in [0.1, 0.15) is 0 Å². The Balaban J connectivity index is 1.94. The van der Waals surface area contributed by atoms with E-state index in [-0.39, 0.29) is 0 Å². The van der Waals surface area contributed by atoms with Gasteiger partial charge in [0.25, 0.3) is 0 Å². The lowest BCUT2D eigenvalue weighted by molar-refractivity contribution is 0.156. The molecular formula is C15H30N2. The quantitative estimate of drug-likeness (QED) is 0.792. The highest BCUT2D eigenvalue weighted by molar-refractivity contribution is 4.93. The zero-order valence-electron chi connectivity index (χ0n) is 12.0. The highest BCUT2D eigenvalue weighted by Gasteiger charge is 2.33. The minimum absolute atomic E-state index is 0.383. The lowest BCUT2D eigenvalue weighted by atomic mass is 9.92. The fourth-order valence-electron chi connectivity index (χ4n) is 3.11. The summed E-state index contributed by atoms with van der Waals surface area (Å²) in [4.78, 5) is 2.76. The molecule has 0 aromatic rings. The predicted molar refractivity (Wildman–Crippen MR) is 74.3 cm³/mol. The third-order valence-electron chi connectivity index (χ3n) is 5.07. The monoisotopic (exact) mass is 238 g/mol. The average Bonchev–Trinajstić information content (AvgIpc) is 3.15. The van der Waals surface area contributed by atoms with Crippen LogP contribution < -0.4 is 5.32 Å². The molecule has 1 unspecified atom stereocenters. The fourth-order valence-corrected chi connectivity index (χ4v) is 3.11. The molecule has 0 bridgehead atoms. The zero-order chi connectivity index (χ0) is 12.3. The molecule has 0 aromatic heterocycles. The van der Waals surface area contributed by atoms with Gasteiger partial charge in [-0.25, -0.2) is 0 Å². The second-order valence-corrected chi connectivity index (χ2v) is 6.25. The first-order chi connectivity index (χ1) is 8.19. The van der Waals surface area contributed by atoms with Crippen LogP contribution in [0.3, 0.4) is 0 Å². The van der Waals surface area contributed by atoms with E-state index in [1.54, 1.807) is 0 Å². The van der Waals surface area contributed by atoms with Crippen molar-refractivity contribution in [2.45, 2.75) is 70.9 Å². The molecule has 1 saturated carbocycles. The highest BCUT2D eigenvalue weighted by atomic mass is 15.2. The lowest BCUT2D eigenvalue weighted by Gasteiger charge is -2.37. The molecule has 2 nitrogen and oxygen atoms in total. The summed E-state index contributed by atoms with van der Waals surface area (Å²) in [5.41, 5.74) is 0.383. The van der Waals surface area contributed by atoms with Crippen LogP contribution in [0.2, 0.25) is 0 Å². The summed E-state index contributed by atoms with van der Waals surface area (Å²) < 4.78 is 0. The highest BCUT2D eigenvalue weighted by Crippen LogP contribution is 2.33. The Morgan fingerprint density at radius 2 is 1.88 bits per heavy atom. The second kappa shape index (κ2) is 5.71. The van der Waals surface area contributed by atoms with E-state index >= 15 is 0 Å². The first-order valence-electron chi connectivity index (χ1n) is 7.68. The Labute approximate surface area is 107 Å². The van der Waals surface area contributed by atoms with Gasteiger partial charge < -0.3 is 5.32 Å². The van der Waals surface area contributed by atoms with E-state index in [4.69, 9.17) is 0 Å². The van der Waals surface area contributed by atoms with Crippen LogP contribution in [0.4, 0.5) is 0 Å². The van der Waals surface area contributed by atoms with Crippen LogP contribution >= 0.6 is 0 Å². The van der Waals surface area contributed by atoms with Gasteiger partial charge in [-0.2, -0.15) is 0 Å². The van der Waals surface area contributed by atoms with Crippen molar-refractivity contribution in [1.29, 1.82) is 0 Å². The molecule has 17 heavy (non-hydrogen) atoms. The summed E-state index contributed by atoms with van der Waals surface area (Å²) in [6.45, 7) is 10.9. The van der Waals surface area contributed by atoms with Crippen LogP contribution in [0.5, 0.6) is 0 Å². The molecule has 2 aliphatic rings. The normalized spacial score (nSPS) is 30.2. The zero-order valence-corrected chi connectivity index (χ0v) is 12.0. The SMILES string of the molecule is CCC1(CC)CN(CCC2CC2)C(C)CCN1. The molecule has 1 saturated heterocycles. The number of hydrogen-bond donors (Lipinski definition) is 1. The first kappa shape index (κ1) is 13.4. The molecule has 1 N–H and O–H groups in total. The van der Waals surface area contributed by atoms with Crippen LogP contribution in [0.1, 0.15) is 59.3 Å². The third-order valence-corrected chi connectivity index (χ3v) is 5.07. The van der Waals surface area contributed by atoms with E-state index < -0.39 is 0 Å². The average molecular weight is 238 g/mol. The van der Waals surface area contributed by atoms with Crippen molar-refractivity contribution in [2.24, 2.45) is 5.92 Å². The van der Waals surface area contributed by atoms with Crippen LogP contribution in [0.25, 0.3) is 0 Å². The summed E-state index contributed by atoms with van der Waals surface area (Å²) in [5, 5.41) is 3.82. The van der Waals surface area contributed by atoms with Crippen LogP contribution in [0.15, 0.2) is 0 Å². The Morgan fingerprint density at radius 3 is 2.47 bits per heavy atom. The minimum Gasteiger partial charge on any atom is -0.310 e. The van der Waals surface area contributed by atoms with Crippen molar-refractivity contribution >= 4 is 0 Å². The van der Waals surface area contributed by atoms with Gasteiger partial charge in [-0.05, 0) is 51.6 Å². The molecule has 0 spiro atoms. The first-order valence-corrected chi connectivity index (χ1v) is 7.68. The van der Waals surface area contributed by atoms with E-state index in [0.29, 0.717) is 5.54 Å². The van der Waals surface area contributed by atoms with Gasteiger partial charge >= 0.3 is 0 Å². The van der Waals surface area contributed by atoms with E-state index in [0.717, 1.165) is 12.0 Å². The molecule has 1 aliphatic heterocycles. The van der Waals surface area contributed by atoms with Crippen molar-refractivity contribution in [3.05, 3.63) is 0 Å². The molecule has 0 radical (unpaired) electrons. The molecular weight excluding hydrogens is 208 g/mol.